The van der Waals surface area contributed by atoms with Gasteiger partial charge in [0.05, 0.1) is 0 Å². The minimum absolute atomic E-state index is 0.202. The van der Waals surface area contributed by atoms with E-state index in [2.05, 4.69) is 52.4 Å². The highest BCUT2D eigenvalue weighted by molar-refractivity contribution is 5.75. The molecular weight excluding hydrogens is 286 g/mol. The Morgan fingerprint density at radius 1 is 1.04 bits per heavy atom. The first-order valence-electron chi connectivity index (χ1n) is 9.03. The van der Waals surface area contributed by atoms with E-state index in [0.717, 1.165) is 52.2 Å². The van der Waals surface area contributed by atoms with Gasteiger partial charge < -0.3 is 10.2 Å². The van der Waals surface area contributed by atoms with Crippen molar-refractivity contribution in [3.8, 4) is 0 Å². The van der Waals surface area contributed by atoms with Crippen LogP contribution in [-0.2, 0) is 11.3 Å². The van der Waals surface area contributed by atoms with Gasteiger partial charge in [-0.3, -0.25) is 9.69 Å². The highest BCUT2D eigenvalue weighted by Crippen LogP contribution is 2.08. The highest BCUT2D eigenvalue weighted by Gasteiger charge is 2.17. The van der Waals surface area contributed by atoms with Crippen molar-refractivity contribution in [1.29, 1.82) is 0 Å². The smallest absolute Gasteiger partial charge is 0.221 e. The van der Waals surface area contributed by atoms with E-state index in [0.29, 0.717) is 6.42 Å². The van der Waals surface area contributed by atoms with Gasteiger partial charge in [-0.15, -0.1) is 0 Å². The van der Waals surface area contributed by atoms with E-state index in [1.165, 1.54) is 18.4 Å². The molecule has 1 N–H and O–H groups in total. The summed E-state index contributed by atoms with van der Waals surface area (Å²) in [7, 11) is 0. The van der Waals surface area contributed by atoms with Crippen LogP contribution in [0.5, 0.6) is 0 Å². The maximum atomic E-state index is 11.8. The maximum absolute atomic E-state index is 11.8. The number of unbranched alkanes of at least 4 members (excludes halogenated alkanes) is 2. The fourth-order valence-electron chi connectivity index (χ4n) is 2.96. The number of benzene rings is 1. The third-order valence-electron chi connectivity index (χ3n) is 4.47. The van der Waals surface area contributed by atoms with E-state index in [9.17, 15) is 4.79 Å². The van der Waals surface area contributed by atoms with Gasteiger partial charge in [-0.1, -0.05) is 50.1 Å². The molecule has 1 aliphatic rings. The fourth-order valence-corrected chi connectivity index (χ4v) is 2.96. The van der Waals surface area contributed by atoms with Gasteiger partial charge in [-0.2, -0.15) is 0 Å². The molecule has 1 saturated heterocycles. The van der Waals surface area contributed by atoms with Gasteiger partial charge in [0.1, 0.15) is 0 Å². The third-order valence-corrected chi connectivity index (χ3v) is 4.47. The Hall–Kier alpha value is -1.39. The van der Waals surface area contributed by atoms with Crippen LogP contribution in [0.15, 0.2) is 30.3 Å². The Labute approximate surface area is 140 Å². The van der Waals surface area contributed by atoms with Gasteiger partial charge in [0, 0.05) is 52.2 Å². The number of rotatable bonds is 9. The molecule has 0 atom stereocenters. The zero-order chi connectivity index (χ0) is 16.3. The molecule has 0 radical (unpaired) electrons. The number of carbonyl (C=O) groups is 1. The zero-order valence-electron chi connectivity index (χ0n) is 14.5. The molecule has 1 aromatic carbocycles. The number of nitrogens with zero attached hydrogens (tertiary/aromatic N) is 2. The molecule has 23 heavy (non-hydrogen) atoms. The first kappa shape index (κ1) is 18.0. The lowest BCUT2D eigenvalue weighted by Crippen LogP contribution is -2.46. The lowest BCUT2D eigenvalue weighted by atomic mass is 10.2. The van der Waals surface area contributed by atoms with Crippen molar-refractivity contribution in [2.24, 2.45) is 0 Å². The quantitative estimate of drug-likeness (QED) is 0.711. The van der Waals surface area contributed by atoms with Crippen molar-refractivity contribution in [2.45, 2.75) is 39.2 Å². The van der Waals surface area contributed by atoms with Gasteiger partial charge in [0.2, 0.25) is 5.91 Å². The summed E-state index contributed by atoms with van der Waals surface area (Å²) in [5, 5.41) is 3.02. The molecule has 0 spiro atoms. The van der Waals surface area contributed by atoms with Crippen LogP contribution in [0, 0.1) is 0 Å². The molecule has 2 rings (SSSR count). The fraction of sp³-hybridized carbons (Fsp3) is 0.632. The van der Waals surface area contributed by atoms with Crippen molar-refractivity contribution in [3.63, 3.8) is 0 Å². The van der Waals surface area contributed by atoms with E-state index in [4.69, 9.17) is 0 Å². The van der Waals surface area contributed by atoms with Crippen LogP contribution in [-0.4, -0.2) is 55.0 Å². The Morgan fingerprint density at radius 3 is 2.43 bits per heavy atom. The average Bonchev–Trinajstić information content (AvgIpc) is 2.59. The summed E-state index contributed by atoms with van der Waals surface area (Å²) < 4.78 is 0. The van der Waals surface area contributed by atoms with Gasteiger partial charge in [-0.05, 0) is 12.0 Å². The normalized spacial score (nSPS) is 16.4. The molecule has 0 saturated carbocycles. The first-order valence-corrected chi connectivity index (χ1v) is 9.03. The van der Waals surface area contributed by atoms with Crippen LogP contribution >= 0.6 is 0 Å². The summed E-state index contributed by atoms with van der Waals surface area (Å²) >= 11 is 0. The van der Waals surface area contributed by atoms with Gasteiger partial charge >= 0.3 is 0 Å². The van der Waals surface area contributed by atoms with E-state index in [-0.39, 0.29) is 5.91 Å². The summed E-state index contributed by atoms with van der Waals surface area (Å²) in [5.74, 6) is 0.202. The molecule has 0 unspecified atom stereocenters. The van der Waals surface area contributed by atoms with Gasteiger partial charge in [0.15, 0.2) is 0 Å². The molecule has 0 aliphatic carbocycles. The van der Waals surface area contributed by atoms with E-state index in [1.807, 2.05) is 0 Å². The molecule has 1 aliphatic heterocycles. The predicted octanol–water partition coefficient (Wildman–Crippen LogP) is 2.50. The monoisotopic (exact) mass is 317 g/mol. The number of hydrogen-bond acceptors (Lipinski definition) is 3. The largest absolute Gasteiger partial charge is 0.356 e. The van der Waals surface area contributed by atoms with Crippen molar-refractivity contribution < 1.29 is 4.79 Å². The number of carbonyl (C=O) groups excluding carboxylic acids is 1. The first-order chi connectivity index (χ1) is 11.3. The number of nitrogens with one attached hydrogen (secondary N) is 1. The summed E-state index contributed by atoms with van der Waals surface area (Å²) in [4.78, 5) is 16.7. The second kappa shape index (κ2) is 10.4. The van der Waals surface area contributed by atoms with E-state index >= 15 is 0 Å². The number of amides is 1. The molecule has 0 aromatic heterocycles. The summed E-state index contributed by atoms with van der Waals surface area (Å²) in [5.41, 5.74) is 1.38. The Kier molecular flexibility index (Phi) is 8.12. The standard InChI is InChI=1S/C19H31N3O/c1-2-3-7-11-20-19(23)10-12-21-13-15-22(16-14-21)17-18-8-5-4-6-9-18/h4-6,8-9H,2-3,7,10-17H2,1H3,(H,20,23). The Morgan fingerprint density at radius 2 is 1.74 bits per heavy atom. The molecule has 1 fully saturated rings. The highest BCUT2D eigenvalue weighted by atomic mass is 16.1. The van der Waals surface area contributed by atoms with Crippen molar-refractivity contribution in [1.82, 2.24) is 15.1 Å². The molecule has 4 nitrogen and oxygen atoms in total. The summed E-state index contributed by atoms with van der Waals surface area (Å²) in [6, 6.07) is 10.6. The van der Waals surface area contributed by atoms with Gasteiger partial charge in [0.25, 0.3) is 0 Å². The molecule has 1 heterocycles. The van der Waals surface area contributed by atoms with Crippen LogP contribution < -0.4 is 5.32 Å². The van der Waals surface area contributed by atoms with E-state index in [1.54, 1.807) is 0 Å². The van der Waals surface area contributed by atoms with Crippen molar-refractivity contribution >= 4 is 5.91 Å². The predicted molar refractivity (Wildman–Crippen MR) is 95.3 cm³/mol. The second-order valence-electron chi connectivity index (χ2n) is 6.41. The lowest BCUT2D eigenvalue weighted by Gasteiger charge is -2.34. The lowest BCUT2D eigenvalue weighted by molar-refractivity contribution is -0.121. The van der Waals surface area contributed by atoms with Crippen molar-refractivity contribution in [2.75, 3.05) is 39.3 Å². The zero-order valence-corrected chi connectivity index (χ0v) is 14.5. The van der Waals surface area contributed by atoms with E-state index < -0.39 is 0 Å². The van der Waals surface area contributed by atoms with Crippen LogP contribution in [0.1, 0.15) is 38.2 Å². The molecule has 1 amide bonds. The van der Waals surface area contributed by atoms with Crippen LogP contribution in [0.25, 0.3) is 0 Å². The molecule has 1 aromatic rings. The molecule has 4 heteroatoms. The molecule has 0 bridgehead atoms. The van der Waals surface area contributed by atoms with Crippen LogP contribution in [0.2, 0.25) is 0 Å². The Bertz CT molecular complexity index is 441. The van der Waals surface area contributed by atoms with Crippen LogP contribution in [0.4, 0.5) is 0 Å². The van der Waals surface area contributed by atoms with Gasteiger partial charge in [-0.25, -0.2) is 0 Å². The third kappa shape index (κ3) is 7.14. The number of piperazine rings is 1. The minimum atomic E-state index is 0.202. The average molecular weight is 317 g/mol. The summed E-state index contributed by atoms with van der Waals surface area (Å²) in [6.45, 7) is 9.24. The maximum Gasteiger partial charge on any atom is 0.221 e. The Balaban J connectivity index is 1.57. The molecular formula is C19H31N3O. The van der Waals surface area contributed by atoms with Crippen LogP contribution in [0.3, 0.4) is 0 Å². The number of hydrogen-bond donors (Lipinski definition) is 1. The summed E-state index contributed by atoms with van der Waals surface area (Å²) in [6.07, 6.45) is 4.12. The minimum Gasteiger partial charge on any atom is -0.356 e. The topological polar surface area (TPSA) is 35.6 Å². The molecule has 128 valence electrons. The van der Waals surface area contributed by atoms with Crippen molar-refractivity contribution in [3.05, 3.63) is 35.9 Å². The SMILES string of the molecule is CCCCCNC(=O)CCN1CCN(Cc2ccccc2)CC1. The second-order valence-corrected chi connectivity index (χ2v) is 6.41.